The van der Waals surface area contributed by atoms with Crippen LogP contribution in [0.25, 0.3) is 0 Å². The van der Waals surface area contributed by atoms with Gasteiger partial charge in [0.05, 0.1) is 11.3 Å². The summed E-state index contributed by atoms with van der Waals surface area (Å²) >= 11 is 1.53. The SMILES string of the molecule is CSc1ccccc1C(=O)Nc1cc(C)no1. The van der Waals surface area contributed by atoms with E-state index in [1.165, 1.54) is 11.8 Å². The Morgan fingerprint density at radius 1 is 1.41 bits per heavy atom. The zero-order valence-corrected chi connectivity index (χ0v) is 10.4. The third-order valence-corrected chi connectivity index (χ3v) is 3.01. The maximum atomic E-state index is 12.0. The second-order valence-corrected chi connectivity index (χ2v) is 4.34. The van der Waals surface area contributed by atoms with Gasteiger partial charge in [0.25, 0.3) is 5.91 Å². The molecule has 1 N–H and O–H groups in total. The van der Waals surface area contributed by atoms with Gasteiger partial charge in [0.15, 0.2) is 0 Å². The van der Waals surface area contributed by atoms with E-state index in [9.17, 15) is 4.79 Å². The summed E-state index contributed by atoms with van der Waals surface area (Å²) in [6.45, 7) is 1.80. The number of anilines is 1. The average Bonchev–Trinajstić information content (AvgIpc) is 2.74. The standard InChI is InChI=1S/C12H12N2O2S/c1-8-7-11(16-14-8)13-12(15)9-5-3-4-6-10(9)17-2/h3-7H,1-2H3,(H,13,15). The largest absolute Gasteiger partial charge is 0.338 e. The maximum absolute atomic E-state index is 12.0. The lowest BCUT2D eigenvalue weighted by molar-refractivity contribution is 0.102. The van der Waals surface area contributed by atoms with Gasteiger partial charge < -0.3 is 4.52 Å². The molecule has 0 fully saturated rings. The monoisotopic (exact) mass is 248 g/mol. The fraction of sp³-hybridized carbons (Fsp3) is 0.167. The van der Waals surface area contributed by atoms with Gasteiger partial charge in [0, 0.05) is 11.0 Å². The van der Waals surface area contributed by atoms with Gasteiger partial charge in [-0.05, 0) is 25.3 Å². The van der Waals surface area contributed by atoms with Crippen LogP contribution in [0, 0.1) is 6.92 Å². The fourth-order valence-corrected chi connectivity index (χ4v) is 2.03. The minimum Gasteiger partial charge on any atom is -0.338 e. The summed E-state index contributed by atoms with van der Waals surface area (Å²) in [6.07, 6.45) is 1.94. The number of aromatic nitrogens is 1. The molecule has 5 heteroatoms. The van der Waals surface area contributed by atoms with Crippen molar-refractivity contribution in [1.82, 2.24) is 5.16 Å². The number of amides is 1. The first-order valence-electron chi connectivity index (χ1n) is 5.08. The van der Waals surface area contributed by atoms with Crippen molar-refractivity contribution in [3.8, 4) is 0 Å². The number of carbonyl (C=O) groups is 1. The molecule has 0 saturated heterocycles. The molecule has 2 rings (SSSR count). The van der Waals surface area contributed by atoms with E-state index in [0.29, 0.717) is 11.4 Å². The lowest BCUT2D eigenvalue weighted by Gasteiger charge is -2.05. The molecule has 0 saturated carbocycles. The second-order valence-electron chi connectivity index (χ2n) is 3.49. The molecule has 1 aromatic carbocycles. The van der Waals surface area contributed by atoms with E-state index >= 15 is 0 Å². The predicted octanol–water partition coefficient (Wildman–Crippen LogP) is 2.96. The molecule has 0 radical (unpaired) electrons. The van der Waals surface area contributed by atoms with Crippen molar-refractivity contribution < 1.29 is 9.32 Å². The van der Waals surface area contributed by atoms with Gasteiger partial charge in [-0.3, -0.25) is 10.1 Å². The number of nitrogens with one attached hydrogen (secondary N) is 1. The Balaban J connectivity index is 2.20. The number of rotatable bonds is 3. The number of aryl methyl sites for hydroxylation is 1. The molecule has 0 atom stereocenters. The third-order valence-electron chi connectivity index (χ3n) is 2.22. The summed E-state index contributed by atoms with van der Waals surface area (Å²) in [5.41, 5.74) is 1.37. The zero-order chi connectivity index (χ0) is 12.3. The van der Waals surface area contributed by atoms with Crippen LogP contribution in [0.15, 0.2) is 39.8 Å². The van der Waals surface area contributed by atoms with Crippen LogP contribution in [0.3, 0.4) is 0 Å². The molecule has 1 aromatic heterocycles. The van der Waals surface area contributed by atoms with E-state index in [0.717, 1.165) is 10.6 Å². The van der Waals surface area contributed by atoms with E-state index in [1.807, 2.05) is 24.5 Å². The first-order chi connectivity index (χ1) is 8.20. The molecule has 4 nitrogen and oxygen atoms in total. The number of benzene rings is 1. The quantitative estimate of drug-likeness (QED) is 0.848. The number of thioether (sulfide) groups is 1. The van der Waals surface area contributed by atoms with E-state index < -0.39 is 0 Å². The molecule has 2 aromatic rings. The lowest BCUT2D eigenvalue weighted by atomic mass is 10.2. The highest BCUT2D eigenvalue weighted by molar-refractivity contribution is 7.98. The molecule has 0 unspecified atom stereocenters. The number of hydrogen-bond donors (Lipinski definition) is 1. The topological polar surface area (TPSA) is 55.1 Å². The van der Waals surface area contributed by atoms with Crippen LogP contribution < -0.4 is 5.32 Å². The van der Waals surface area contributed by atoms with Gasteiger partial charge in [-0.25, -0.2) is 0 Å². The fourth-order valence-electron chi connectivity index (χ4n) is 1.43. The summed E-state index contributed by atoms with van der Waals surface area (Å²) in [5, 5.41) is 6.38. The van der Waals surface area contributed by atoms with Crippen LogP contribution >= 0.6 is 11.8 Å². The highest BCUT2D eigenvalue weighted by atomic mass is 32.2. The van der Waals surface area contributed by atoms with Gasteiger partial charge in [-0.2, -0.15) is 0 Å². The highest BCUT2D eigenvalue weighted by Crippen LogP contribution is 2.21. The van der Waals surface area contributed by atoms with Crippen molar-refractivity contribution >= 4 is 23.6 Å². The minimum absolute atomic E-state index is 0.189. The summed E-state index contributed by atoms with van der Waals surface area (Å²) in [5.74, 6) is 0.175. The van der Waals surface area contributed by atoms with Gasteiger partial charge in [-0.15, -0.1) is 11.8 Å². The van der Waals surface area contributed by atoms with Crippen LogP contribution in [-0.2, 0) is 0 Å². The Labute approximate surface area is 103 Å². The molecule has 17 heavy (non-hydrogen) atoms. The molecular weight excluding hydrogens is 236 g/mol. The van der Waals surface area contributed by atoms with Crippen molar-refractivity contribution in [3.05, 3.63) is 41.6 Å². The molecule has 0 aliphatic heterocycles. The van der Waals surface area contributed by atoms with Crippen LogP contribution in [0.4, 0.5) is 5.88 Å². The molecular formula is C12H12N2O2S. The average molecular weight is 248 g/mol. The normalized spacial score (nSPS) is 10.2. The predicted molar refractivity (Wildman–Crippen MR) is 67.4 cm³/mol. The summed E-state index contributed by atoms with van der Waals surface area (Å²) in [4.78, 5) is 12.9. The summed E-state index contributed by atoms with van der Waals surface area (Å²) < 4.78 is 4.94. The van der Waals surface area contributed by atoms with Gasteiger partial charge >= 0.3 is 0 Å². The smallest absolute Gasteiger partial charge is 0.259 e. The van der Waals surface area contributed by atoms with E-state index in [-0.39, 0.29) is 5.91 Å². The van der Waals surface area contributed by atoms with Gasteiger partial charge in [0.1, 0.15) is 0 Å². The number of carbonyl (C=O) groups excluding carboxylic acids is 1. The first-order valence-corrected chi connectivity index (χ1v) is 6.31. The van der Waals surface area contributed by atoms with Crippen molar-refractivity contribution in [2.45, 2.75) is 11.8 Å². The van der Waals surface area contributed by atoms with Crippen LogP contribution in [-0.4, -0.2) is 17.3 Å². The molecule has 0 aliphatic rings. The molecule has 1 heterocycles. The van der Waals surface area contributed by atoms with E-state index in [4.69, 9.17) is 4.52 Å². The summed E-state index contributed by atoms with van der Waals surface area (Å²) in [6, 6.07) is 9.11. The molecule has 0 spiro atoms. The molecule has 88 valence electrons. The molecule has 0 bridgehead atoms. The summed E-state index contributed by atoms with van der Waals surface area (Å²) in [7, 11) is 0. The van der Waals surface area contributed by atoms with Gasteiger partial charge in [0.2, 0.25) is 5.88 Å². The van der Waals surface area contributed by atoms with Crippen molar-refractivity contribution in [1.29, 1.82) is 0 Å². The molecule has 0 aliphatic carbocycles. The van der Waals surface area contributed by atoms with Crippen molar-refractivity contribution in [2.75, 3.05) is 11.6 Å². The Kier molecular flexibility index (Phi) is 3.49. The highest BCUT2D eigenvalue weighted by Gasteiger charge is 2.12. The Hall–Kier alpha value is -1.75. The third kappa shape index (κ3) is 2.68. The van der Waals surface area contributed by atoms with Crippen LogP contribution in [0.5, 0.6) is 0 Å². The maximum Gasteiger partial charge on any atom is 0.259 e. The second kappa shape index (κ2) is 5.05. The van der Waals surface area contributed by atoms with Crippen LogP contribution in [0.1, 0.15) is 16.1 Å². The van der Waals surface area contributed by atoms with Crippen LogP contribution in [0.2, 0.25) is 0 Å². The first kappa shape index (κ1) is 11.7. The van der Waals surface area contributed by atoms with E-state index in [1.54, 1.807) is 19.1 Å². The van der Waals surface area contributed by atoms with Crippen molar-refractivity contribution in [3.63, 3.8) is 0 Å². The Morgan fingerprint density at radius 3 is 2.82 bits per heavy atom. The Bertz CT molecular complexity index is 537. The molecule has 1 amide bonds. The Morgan fingerprint density at radius 2 is 2.18 bits per heavy atom. The van der Waals surface area contributed by atoms with E-state index in [2.05, 4.69) is 10.5 Å². The van der Waals surface area contributed by atoms with Gasteiger partial charge in [-0.1, -0.05) is 17.3 Å². The lowest BCUT2D eigenvalue weighted by Crippen LogP contribution is -2.12. The van der Waals surface area contributed by atoms with Crippen molar-refractivity contribution in [2.24, 2.45) is 0 Å². The number of hydrogen-bond acceptors (Lipinski definition) is 4. The number of nitrogens with zero attached hydrogens (tertiary/aromatic N) is 1. The zero-order valence-electron chi connectivity index (χ0n) is 9.56. The minimum atomic E-state index is -0.189.